The molecule has 1 aliphatic rings. The van der Waals surface area contributed by atoms with Gasteiger partial charge in [-0.15, -0.1) is 6.42 Å². The zero-order chi connectivity index (χ0) is 9.35. The number of nitrogens with zero attached hydrogens (tertiary/aromatic N) is 1. The Morgan fingerprint density at radius 1 is 1.58 bits per heavy atom. The summed E-state index contributed by atoms with van der Waals surface area (Å²) in [7, 11) is 2.07. The van der Waals surface area contributed by atoms with Crippen molar-refractivity contribution in [2.24, 2.45) is 5.92 Å². The van der Waals surface area contributed by atoms with Crippen molar-refractivity contribution in [3.8, 4) is 12.3 Å². The van der Waals surface area contributed by atoms with Crippen molar-refractivity contribution in [2.75, 3.05) is 13.6 Å². The van der Waals surface area contributed by atoms with Gasteiger partial charge in [0.25, 0.3) is 0 Å². The average molecular weight is 167 g/mol. The lowest BCUT2D eigenvalue weighted by molar-refractivity contribution is -0.0345. The summed E-state index contributed by atoms with van der Waals surface area (Å²) in [5.74, 6) is 2.68. The van der Waals surface area contributed by atoms with E-state index in [4.69, 9.17) is 6.42 Å². The van der Waals surface area contributed by atoms with Gasteiger partial charge in [0.05, 0.1) is 0 Å². The molecule has 1 heterocycles. The largest absolute Gasteiger partial charge is 0.377 e. The summed E-state index contributed by atoms with van der Waals surface area (Å²) in [4.78, 5) is 2.23. The normalized spacial score (nSPS) is 43.9. The standard InChI is InChI=1S/C10H17NO/c1-5-10(12)6-9(3)11(4)7-8(10)2/h1,8-9,12H,6-7H2,2-4H3/t8-,9+,10-/m1/s1. The first-order chi connectivity index (χ1) is 5.49. The van der Waals surface area contributed by atoms with Crippen LogP contribution in [0, 0.1) is 18.3 Å². The molecule has 1 rings (SSSR count). The second-order valence-corrected chi connectivity index (χ2v) is 3.96. The van der Waals surface area contributed by atoms with Gasteiger partial charge in [-0.2, -0.15) is 0 Å². The van der Waals surface area contributed by atoms with Crippen molar-refractivity contribution in [1.29, 1.82) is 0 Å². The highest BCUT2D eigenvalue weighted by Crippen LogP contribution is 2.29. The van der Waals surface area contributed by atoms with Crippen LogP contribution in [0.1, 0.15) is 20.3 Å². The van der Waals surface area contributed by atoms with Crippen molar-refractivity contribution in [3.63, 3.8) is 0 Å². The van der Waals surface area contributed by atoms with E-state index in [9.17, 15) is 5.11 Å². The molecule has 3 atom stereocenters. The quantitative estimate of drug-likeness (QED) is 0.537. The van der Waals surface area contributed by atoms with E-state index in [-0.39, 0.29) is 5.92 Å². The predicted octanol–water partition coefficient (Wildman–Crippen LogP) is 0.711. The zero-order valence-corrected chi connectivity index (χ0v) is 8.04. The van der Waals surface area contributed by atoms with Crippen molar-refractivity contribution < 1.29 is 5.11 Å². The first kappa shape index (κ1) is 9.57. The predicted molar refractivity (Wildman–Crippen MR) is 49.7 cm³/mol. The van der Waals surface area contributed by atoms with E-state index >= 15 is 0 Å². The molecule has 0 amide bonds. The maximum Gasteiger partial charge on any atom is 0.130 e. The van der Waals surface area contributed by atoms with Gasteiger partial charge in [-0.3, -0.25) is 0 Å². The Morgan fingerprint density at radius 3 is 2.67 bits per heavy atom. The highest BCUT2D eigenvalue weighted by atomic mass is 16.3. The summed E-state index contributed by atoms with van der Waals surface area (Å²) in [6.07, 6.45) is 6.00. The van der Waals surface area contributed by atoms with Crippen LogP contribution in [0.2, 0.25) is 0 Å². The van der Waals surface area contributed by atoms with Crippen LogP contribution >= 0.6 is 0 Å². The molecule has 0 aromatic heterocycles. The Labute approximate surface area is 74.6 Å². The topological polar surface area (TPSA) is 23.5 Å². The molecule has 0 aromatic carbocycles. The Kier molecular flexibility index (Phi) is 2.46. The Hall–Kier alpha value is -0.520. The van der Waals surface area contributed by atoms with E-state index in [1.54, 1.807) is 0 Å². The monoisotopic (exact) mass is 167 g/mol. The third-order valence-electron chi connectivity index (χ3n) is 2.99. The van der Waals surface area contributed by atoms with E-state index in [2.05, 4.69) is 24.8 Å². The van der Waals surface area contributed by atoms with E-state index in [0.717, 1.165) is 6.54 Å². The zero-order valence-electron chi connectivity index (χ0n) is 8.04. The van der Waals surface area contributed by atoms with Gasteiger partial charge in [0.2, 0.25) is 0 Å². The van der Waals surface area contributed by atoms with Crippen LogP contribution in [0.4, 0.5) is 0 Å². The van der Waals surface area contributed by atoms with Crippen molar-refractivity contribution in [2.45, 2.75) is 31.9 Å². The minimum Gasteiger partial charge on any atom is -0.377 e. The molecule has 68 valence electrons. The van der Waals surface area contributed by atoms with E-state index in [1.165, 1.54) is 0 Å². The molecule has 12 heavy (non-hydrogen) atoms. The summed E-state index contributed by atoms with van der Waals surface area (Å²) in [5, 5.41) is 9.97. The summed E-state index contributed by atoms with van der Waals surface area (Å²) in [5.41, 5.74) is -0.883. The number of hydrogen-bond acceptors (Lipinski definition) is 2. The highest BCUT2D eigenvalue weighted by Gasteiger charge is 2.39. The summed E-state index contributed by atoms with van der Waals surface area (Å²) >= 11 is 0. The number of rotatable bonds is 0. The van der Waals surface area contributed by atoms with E-state index in [0.29, 0.717) is 12.5 Å². The summed E-state index contributed by atoms with van der Waals surface area (Å²) in [6.45, 7) is 4.97. The fraction of sp³-hybridized carbons (Fsp3) is 0.800. The van der Waals surface area contributed by atoms with Crippen LogP contribution in [0.3, 0.4) is 0 Å². The minimum atomic E-state index is -0.883. The van der Waals surface area contributed by atoms with Crippen LogP contribution < -0.4 is 0 Å². The first-order valence-corrected chi connectivity index (χ1v) is 4.40. The molecule has 1 saturated heterocycles. The van der Waals surface area contributed by atoms with Crippen LogP contribution in [0.15, 0.2) is 0 Å². The molecule has 1 aliphatic heterocycles. The fourth-order valence-corrected chi connectivity index (χ4v) is 1.77. The molecule has 2 heteroatoms. The molecular weight excluding hydrogens is 150 g/mol. The number of hydrogen-bond donors (Lipinski definition) is 1. The summed E-state index contributed by atoms with van der Waals surface area (Å²) in [6, 6.07) is 0.377. The average Bonchev–Trinajstić information content (AvgIpc) is 2.01. The molecule has 2 nitrogen and oxygen atoms in total. The molecule has 0 radical (unpaired) electrons. The highest BCUT2D eigenvalue weighted by molar-refractivity contribution is 5.13. The van der Waals surface area contributed by atoms with Crippen molar-refractivity contribution >= 4 is 0 Å². The Morgan fingerprint density at radius 2 is 2.17 bits per heavy atom. The molecular formula is C10H17NO. The fourth-order valence-electron chi connectivity index (χ4n) is 1.77. The van der Waals surface area contributed by atoms with Crippen LogP contribution in [-0.2, 0) is 0 Å². The van der Waals surface area contributed by atoms with Crippen LogP contribution in [-0.4, -0.2) is 35.2 Å². The van der Waals surface area contributed by atoms with Crippen molar-refractivity contribution in [3.05, 3.63) is 0 Å². The molecule has 0 aromatic rings. The Balaban J connectivity index is 2.76. The third-order valence-corrected chi connectivity index (χ3v) is 2.99. The molecule has 0 aliphatic carbocycles. The number of aliphatic hydroxyl groups is 1. The molecule has 0 spiro atoms. The lowest BCUT2D eigenvalue weighted by Crippen LogP contribution is -2.52. The van der Waals surface area contributed by atoms with E-state index in [1.807, 2.05) is 6.92 Å². The number of piperidine rings is 1. The van der Waals surface area contributed by atoms with E-state index < -0.39 is 5.60 Å². The molecule has 1 N–H and O–H groups in total. The smallest absolute Gasteiger partial charge is 0.130 e. The Bertz CT molecular complexity index is 208. The maximum atomic E-state index is 9.97. The first-order valence-electron chi connectivity index (χ1n) is 4.40. The van der Waals surface area contributed by atoms with Gasteiger partial charge < -0.3 is 10.0 Å². The van der Waals surface area contributed by atoms with Crippen LogP contribution in [0.25, 0.3) is 0 Å². The summed E-state index contributed by atoms with van der Waals surface area (Å²) < 4.78 is 0. The third kappa shape index (κ3) is 1.48. The lowest BCUT2D eigenvalue weighted by Gasteiger charge is -2.42. The van der Waals surface area contributed by atoms with Gasteiger partial charge in [0.1, 0.15) is 5.60 Å². The van der Waals surface area contributed by atoms with Gasteiger partial charge in [0, 0.05) is 24.9 Å². The van der Waals surface area contributed by atoms with Gasteiger partial charge in [-0.25, -0.2) is 0 Å². The maximum absolute atomic E-state index is 9.97. The SMILES string of the molecule is C#C[C@@]1(O)C[C@H](C)N(C)C[C@H]1C. The minimum absolute atomic E-state index is 0.170. The van der Waals surface area contributed by atoms with Gasteiger partial charge in [-0.1, -0.05) is 12.8 Å². The molecule has 0 saturated carbocycles. The second-order valence-electron chi connectivity index (χ2n) is 3.96. The van der Waals surface area contributed by atoms with Crippen molar-refractivity contribution in [1.82, 2.24) is 4.90 Å². The molecule has 0 unspecified atom stereocenters. The molecule has 0 bridgehead atoms. The molecule has 1 fully saturated rings. The number of terminal acetylenes is 1. The van der Waals surface area contributed by atoms with Crippen LogP contribution in [0.5, 0.6) is 0 Å². The van der Waals surface area contributed by atoms with Gasteiger partial charge >= 0.3 is 0 Å². The van der Waals surface area contributed by atoms with Gasteiger partial charge in [0.15, 0.2) is 0 Å². The lowest BCUT2D eigenvalue weighted by atomic mass is 9.80. The number of likely N-dealkylation sites (tertiary alicyclic amines) is 1. The second kappa shape index (κ2) is 3.08. The van der Waals surface area contributed by atoms with Gasteiger partial charge in [-0.05, 0) is 14.0 Å².